The van der Waals surface area contributed by atoms with Crippen LogP contribution >= 0.6 is 31.5 Å². The van der Waals surface area contributed by atoms with E-state index in [0.29, 0.717) is 32.5 Å². The van der Waals surface area contributed by atoms with Crippen molar-refractivity contribution in [2.45, 2.75) is 39.0 Å². The first-order chi connectivity index (χ1) is 16.6. The van der Waals surface area contributed by atoms with Crippen LogP contribution in [0.25, 0.3) is 21.1 Å². The van der Waals surface area contributed by atoms with Gasteiger partial charge in [-0.2, -0.15) is 5.26 Å². The molecule has 2 unspecified atom stereocenters. The minimum Gasteiger partial charge on any atom is -0.490 e. The molecule has 2 aromatic carbocycles. The smallest absolute Gasteiger partial charge is 0.327 e. The number of aromatic nitrogens is 2. The number of hydrogen-bond acceptors (Lipinski definition) is 10. The van der Waals surface area contributed by atoms with Crippen molar-refractivity contribution in [2.24, 2.45) is 5.73 Å². The van der Waals surface area contributed by atoms with E-state index in [1.54, 1.807) is 25.1 Å². The molecule has 13 heteroatoms. The van der Waals surface area contributed by atoms with E-state index >= 15 is 0 Å². The van der Waals surface area contributed by atoms with Gasteiger partial charge in [-0.1, -0.05) is 22.9 Å². The van der Waals surface area contributed by atoms with Gasteiger partial charge in [-0.15, -0.1) is 10.2 Å². The Labute approximate surface area is 211 Å². The van der Waals surface area contributed by atoms with E-state index in [1.807, 2.05) is 13.8 Å². The third-order valence-electron chi connectivity index (χ3n) is 4.68. The van der Waals surface area contributed by atoms with E-state index in [2.05, 4.69) is 16.3 Å². The predicted molar refractivity (Wildman–Crippen MR) is 132 cm³/mol. The molecule has 186 valence electrons. The number of halogens is 2. The molecule has 0 saturated heterocycles. The molecule has 35 heavy (non-hydrogen) atoms. The third-order valence-corrected chi connectivity index (χ3v) is 6.52. The molecule has 0 bridgehead atoms. The summed E-state index contributed by atoms with van der Waals surface area (Å²) in [6.07, 6.45) is -0.798. The lowest BCUT2D eigenvalue weighted by atomic mass is 10.1. The summed E-state index contributed by atoms with van der Waals surface area (Å²) in [4.78, 5) is 17.8. The van der Waals surface area contributed by atoms with Crippen molar-refractivity contribution in [3.05, 3.63) is 46.7 Å². The molecular formula is C22H23ClFN4O5PS. The van der Waals surface area contributed by atoms with E-state index < -0.39 is 26.6 Å². The van der Waals surface area contributed by atoms with E-state index in [4.69, 9.17) is 41.1 Å². The Morgan fingerprint density at radius 3 is 2.54 bits per heavy atom. The molecule has 0 spiro atoms. The van der Waals surface area contributed by atoms with Crippen molar-refractivity contribution >= 4 is 31.5 Å². The van der Waals surface area contributed by atoms with Crippen LogP contribution in [0.4, 0.5) is 4.39 Å². The molecule has 3 rings (SSSR count). The largest absolute Gasteiger partial charge is 0.490 e. The van der Waals surface area contributed by atoms with Gasteiger partial charge < -0.3 is 29.5 Å². The lowest BCUT2D eigenvalue weighted by Gasteiger charge is -2.21. The first-order valence-corrected chi connectivity index (χ1v) is 12.7. The summed E-state index contributed by atoms with van der Waals surface area (Å²) in [6.45, 7) is 5.15. The molecule has 0 radical (unpaired) electrons. The second kappa shape index (κ2) is 12.0. The van der Waals surface area contributed by atoms with Gasteiger partial charge >= 0.3 is 8.60 Å². The molecule has 0 aliphatic heterocycles. The minimum atomic E-state index is -2.57. The standard InChI is InChI=1S/C22H23ClFN4O5PS/c1-11(2)32-19-5-4-13(6-14(19)9-25)21-27-28-22(35-21)15-7-17(24)20(8-16(15)23)31-10-18(26)12(3)33-34(29)30/h4-8,11-12,18,29-30H,10,26H2,1-3H3. The molecule has 2 atom stereocenters. The maximum absolute atomic E-state index is 14.7. The molecule has 1 heterocycles. The van der Waals surface area contributed by atoms with Gasteiger partial charge in [0.1, 0.15) is 28.4 Å². The summed E-state index contributed by atoms with van der Waals surface area (Å²) in [6, 6.07) is 9.00. The van der Waals surface area contributed by atoms with Crippen LogP contribution < -0.4 is 15.2 Å². The zero-order valence-electron chi connectivity index (χ0n) is 19.0. The predicted octanol–water partition coefficient (Wildman–Crippen LogP) is 4.65. The highest BCUT2D eigenvalue weighted by Crippen LogP contribution is 2.38. The Hall–Kier alpha value is -2.42. The molecule has 3 aromatic rings. The monoisotopic (exact) mass is 540 g/mol. The molecule has 0 amide bonds. The van der Waals surface area contributed by atoms with E-state index in [1.165, 1.54) is 23.5 Å². The minimum absolute atomic E-state index is 0.0771. The van der Waals surface area contributed by atoms with Crippen molar-refractivity contribution in [3.8, 4) is 38.7 Å². The fraction of sp³-hybridized carbons (Fsp3) is 0.318. The summed E-state index contributed by atoms with van der Waals surface area (Å²) in [5.74, 6) is -0.331. The quantitative estimate of drug-likeness (QED) is 0.313. The van der Waals surface area contributed by atoms with Crippen LogP contribution in [0.3, 0.4) is 0 Å². The third kappa shape index (κ3) is 7.06. The average Bonchev–Trinajstić information content (AvgIpc) is 3.28. The molecule has 4 N–H and O–H groups in total. The van der Waals surface area contributed by atoms with Crippen LogP contribution in [0.5, 0.6) is 11.5 Å². The molecule has 1 aromatic heterocycles. The van der Waals surface area contributed by atoms with Crippen LogP contribution in [0.1, 0.15) is 26.3 Å². The molecule has 0 saturated carbocycles. The second-order valence-electron chi connectivity index (χ2n) is 7.70. The molecule has 0 fully saturated rings. The zero-order chi connectivity index (χ0) is 25.7. The Morgan fingerprint density at radius 2 is 1.89 bits per heavy atom. The Bertz CT molecular complexity index is 1220. The van der Waals surface area contributed by atoms with Crippen LogP contribution in [0, 0.1) is 17.1 Å². The molecule has 9 nitrogen and oxygen atoms in total. The van der Waals surface area contributed by atoms with Gasteiger partial charge in [0, 0.05) is 17.2 Å². The lowest BCUT2D eigenvalue weighted by Crippen LogP contribution is -2.39. The summed E-state index contributed by atoms with van der Waals surface area (Å²) >= 11 is 7.56. The first-order valence-electron chi connectivity index (χ1n) is 10.4. The average molecular weight is 541 g/mol. The summed E-state index contributed by atoms with van der Waals surface area (Å²) in [5.41, 5.74) is 7.23. The molecule has 0 aliphatic rings. The molecular weight excluding hydrogens is 518 g/mol. The fourth-order valence-electron chi connectivity index (χ4n) is 2.91. The van der Waals surface area contributed by atoms with E-state index in [9.17, 15) is 9.65 Å². The maximum Gasteiger partial charge on any atom is 0.327 e. The second-order valence-corrected chi connectivity index (χ2v) is 9.80. The first kappa shape index (κ1) is 27.2. The van der Waals surface area contributed by atoms with Crippen LogP contribution in [0.2, 0.25) is 5.02 Å². The summed E-state index contributed by atoms with van der Waals surface area (Å²) in [7, 11) is -2.57. The Balaban J connectivity index is 1.78. The SMILES string of the molecule is CC(C)Oc1ccc(-c2nnc(-c3cc(F)c(OCC(N)C(C)OP(O)O)cc3Cl)s2)cc1C#N. The number of hydrogen-bond donors (Lipinski definition) is 3. The number of rotatable bonds is 10. The fourth-order valence-corrected chi connectivity index (χ4v) is 4.53. The van der Waals surface area contributed by atoms with Crippen LogP contribution in [-0.2, 0) is 4.52 Å². The van der Waals surface area contributed by atoms with E-state index in [0.717, 1.165) is 0 Å². The normalized spacial score (nSPS) is 13.1. The highest BCUT2D eigenvalue weighted by molar-refractivity contribution is 7.39. The molecule has 0 aliphatic carbocycles. The summed E-state index contributed by atoms with van der Waals surface area (Å²) < 4.78 is 30.6. The number of nitrogens with two attached hydrogens (primary N) is 1. The van der Waals surface area contributed by atoms with Crippen molar-refractivity contribution in [1.29, 1.82) is 5.26 Å². The summed E-state index contributed by atoms with van der Waals surface area (Å²) in [5, 5.41) is 18.8. The number of nitriles is 1. The van der Waals surface area contributed by atoms with Gasteiger partial charge in [-0.05, 0) is 45.0 Å². The topological polar surface area (TPSA) is 144 Å². The van der Waals surface area contributed by atoms with Gasteiger partial charge in [0.05, 0.1) is 28.8 Å². The van der Waals surface area contributed by atoms with Gasteiger partial charge in [0.25, 0.3) is 0 Å². The van der Waals surface area contributed by atoms with Crippen LogP contribution in [-0.4, -0.2) is 44.8 Å². The number of ether oxygens (including phenoxy) is 2. The highest BCUT2D eigenvalue weighted by Gasteiger charge is 2.20. The van der Waals surface area contributed by atoms with E-state index in [-0.39, 0.29) is 23.5 Å². The lowest BCUT2D eigenvalue weighted by molar-refractivity contribution is 0.132. The van der Waals surface area contributed by atoms with Crippen molar-refractivity contribution in [1.82, 2.24) is 10.2 Å². The highest BCUT2D eigenvalue weighted by atomic mass is 35.5. The number of benzene rings is 2. The van der Waals surface area contributed by atoms with Gasteiger partial charge in [-0.25, -0.2) is 4.39 Å². The van der Waals surface area contributed by atoms with Crippen LogP contribution in [0.15, 0.2) is 30.3 Å². The van der Waals surface area contributed by atoms with Gasteiger partial charge in [-0.3, -0.25) is 0 Å². The van der Waals surface area contributed by atoms with Gasteiger partial charge in [0.2, 0.25) is 0 Å². The van der Waals surface area contributed by atoms with Crippen molar-refractivity contribution < 1.29 is 28.2 Å². The zero-order valence-corrected chi connectivity index (χ0v) is 21.4. The van der Waals surface area contributed by atoms with Crippen molar-refractivity contribution in [2.75, 3.05) is 6.61 Å². The Kier molecular flexibility index (Phi) is 9.33. The Morgan fingerprint density at radius 1 is 1.17 bits per heavy atom. The van der Waals surface area contributed by atoms with Crippen molar-refractivity contribution in [3.63, 3.8) is 0 Å². The van der Waals surface area contributed by atoms with Gasteiger partial charge in [0.15, 0.2) is 11.6 Å². The maximum atomic E-state index is 14.7. The number of nitrogens with zero attached hydrogens (tertiary/aromatic N) is 3.